The van der Waals surface area contributed by atoms with Crippen LogP contribution in [-0.4, -0.2) is 12.5 Å². The summed E-state index contributed by atoms with van der Waals surface area (Å²) in [6.45, 7) is 7.47. The molecule has 0 spiro atoms. The van der Waals surface area contributed by atoms with Gasteiger partial charge in [-0.25, -0.2) is 0 Å². The predicted octanol–water partition coefficient (Wildman–Crippen LogP) is 4.31. The van der Waals surface area contributed by atoms with Crippen molar-refractivity contribution >= 4 is 5.91 Å². The van der Waals surface area contributed by atoms with Crippen molar-refractivity contribution in [3.63, 3.8) is 0 Å². The molecule has 0 aromatic heterocycles. The highest BCUT2D eigenvalue weighted by molar-refractivity contribution is 5.78. The van der Waals surface area contributed by atoms with E-state index in [1.807, 2.05) is 0 Å². The van der Waals surface area contributed by atoms with Gasteiger partial charge in [0, 0.05) is 12.5 Å². The summed E-state index contributed by atoms with van der Waals surface area (Å²) >= 11 is 0. The molecule has 1 unspecified atom stereocenters. The average Bonchev–Trinajstić information content (AvgIpc) is 2.40. The van der Waals surface area contributed by atoms with Crippen molar-refractivity contribution in [2.75, 3.05) is 6.54 Å². The molecule has 2 heteroatoms. The summed E-state index contributed by atoms with van der Waals surface area (Å²) in [4.78, 5) is 11.9. The molecule has 0 aromatic rings. The summed E-state index contributed by atoms with van der Waals surface area (Å²) in [6.07, 6.45) is 12.9. The molecule has 0 radical (unpaired) electrons. The van der Waals surface area contributed by atoms with Gasteiger partial charge in [0.1, 0.15) is 0 Å². The van der Waals surface area contributed by atoms with Crippen LogP contribution in [0.2, 0.25) is 0 Å². The fraction of sp³-hybridized carbons (Fsp3) is 0.824. The van der Waals surface area contributed by atoms with Gasteiger partial charge in [-0.15, -0.1) is 0 Å². The number of carbonyl (C=O) groups is 1. The lowest BCUT2D eigenvalue weighted by Gasteiger charge is -2.16. The Balaban J connectivity index is 2.53. The van der Waals surface area contributed by atoms with Gasteiger partial charge in [-0.3, -0.25) is 4.79 Å². The molecule has 0 fully saturated rings. The highest BCUT2D eigenvalue weighted by Gasteiger charge is 2.13. The van der Waals surface area contributed by atoms with Gasteiger partial charge >= 0.3 is 0 Å². The number of rotatable bonds is 1. The molecule has 2 nitrogen and oxygen atoms in total. The molecule has 1 heterocycles. The molecule has 1 aliphatic heterocycles. The first-order chi connectivity index (χ1) is 9.13. The van der Waals surface area contributed by atoms with E-state index >= 15 is 0 Å². The van der Waals surface area contributed by atoms with E-state index in [4.69, 9.17) is 0 Å². The molecule has 1 rings (SSSR count). The first kappa shape index (κ1) is 16.3. The first-order valence-corrected chi connectivity index (χ1v) is 8.07. The van der Waals surface area contributed by atoms with E-state index in [1.54, 1.807) is 0 Å². The van der Waals surface area contributed by atoms with Crippen LogP contribution in [0.1, 0.15) is 65.7 Å². The molecule has 0 bridgehead atoms. The van der Waals surface area contributed by atoms with Crippen molar-refractivity contribution in [2.24, 2.45) is 17.8 Å². The van der Waals surface area contributed by atoms with Crippen LogP contribution in [0, 0.1) is 17.8 Å². The second kappa shape index (κ2) is 9.17. The van der Waals surface area contributed by atoms with E-state index in [9.17, 15) is 4.79 Å². The standard InChI is InChI=1S/C17H31NO/c1-4-16-11-6-9-14(2)8-5-10-15(3)17(19)18-13-7-12-16/h6,11,14-16H,4-5,7-10,12-13H2,1-3H3,(H,18,19)/b11-6-/t14-,15+,16?/m0/s1. The second-order valence-corrected chi connectivity index (χ2v) is 6.20. The molecule has 19 heavy (non-hydrogen) atoms. The van der Waals surface area contributed by atoms with E-state index in [-0.39, 0.29) is 11.8 Å². The van der Waals surface area contributed by atoms with Crippen molar-refractivity contribution in [3.8, 4) is 0 Å². The summed E-state index contributed by atoms with van der Waals surface area (Å²) in [5, 5.41) is 3.08. The van der Waals surface area contributed by atoms with Crippen LogP contribution in [0.5, 0.6) is 0 Å². The normalized spacial score (nSPS) is 33.2. The maximum atomic E-state index is 11.9. The summed E-state index contributed by atoms with van der Waals surface area (Å²) < 4.78 is 0. The molecule has 110 valence electrons. The number of nitrogens with one attached hydrogen (secondary N) is 1. The molecule has 1 aliphatic rings. The van der Waals surface area contributed by atoms with Crippen molar-refractivity contribution in [3.05, 3.63) is 12.2 Å². The zero-order chi connectivity index (χ0) is 14.1. The van der Waals surface area contributed by atoms with E-state index in [2.05, 4.69) is 38.2 Å². The molecule has 1 N–H and O–H groups in total. The van der Waals surface area contributed by atoms with Gasteiger partial charge in [-0.1, -0.05) is 45.8 Å². The minimum atomic E-state index is 0.174. The molecule has 1 amide bonds. The first-order valence-electron chi connectivity index (χ1n) is 8.07. The van der Waals surface area contributed by atoms with Crippen LogP contribution in [-0.2, 0) is 4.79 Å². The Bertz CT molecular complexity index is 285. The fourth-order valence-corrected chi connectivity index (χ4v) is 2.71. The van der Waals surface area contributed by atoms with Gasteiger partial charge in [0.25, 0.3) is 0 Å². The van der Waals surface area contributed by atoms with Crippen molar-refractivity contribution in [1.82, 2.24) is 5.32 Å². The van der Waals surface area contributed by atoms with Gasteiger partial charge in [0.15, 0.2) is 0 Å². The fourth-order valence-electron chi connectivity index (χ4n) is 2.71. The average molecular weight is 265 g/mol. The van der Waals surface area contributed by atoms with Crippen LogP contribution in [0.25, 0.3) is 0 Å². The Morgan fingerprint density at radius 1 is 1.21 bits per heavy atom. The lowest BCUT2D eigenvalue weighted by atomic mass is 9.93. The minimum absolute atomic E-state index is 0.174. The van der Waals surface area contributed by atoms with Crippen molar-refractivity contribution in [1.29, 1.82) is 0 Å². The van der Waals surface area contributed by atoms with E-state index in [1.165, 1.54) is 32.1 Å². The van der Waals surface area contributed by atoms with Gasteiger partial charge in [0.05, 0.1) is 0 Å². The zero-order valence-electron chi connectivity index (χ0n) is 13.0. The van der Waals surface area contributed by atoms with E-state index in [0.717, 1.165) is 25.3 Å². The topological polar surface area (TPSA) is 29.1 Å². The van der Waals surface area contributed by atoms with Gasteiger partial charge in [-0.05, 0) is 43.9 Å². The van der Waals surface area contributed by atoms with E-state index < -0.39 is 0 Å². The number of hydrogen-bond acceptors (Lipinski definition) is 1. The molecule has 0 saturated carbocycles. The smallest absolute Gasteiger partial charge is 0.222 e. The van der Waals surface area contributed by atoms with E-state index in [0.29, 0.717) is 5.92 Å². The third kappa shape index (κ3) is 6.79. The number of carbonyl (C=O) groups excluding carboxylic acids is 1. The summed E-state index contributed by atoms with van der Waals surface area (Å²) in [7, 11) is 0. The third-order valence-electron chi connectivity index (χ3n) is 4.30. The van der Waals surface area contributed by atoms with Crippen molar-refractivity contribution in [2.45, 2.75) is 65.7 Å². The van der Waals surface area contributed by atoms with Crippen LogP contribution < -0.4 is 5.32 Å². The van der Waals surface area contributed by atoms with Crippen molar-refractivity contribution < 1.29 is 4.79 Å². The second-order valence-electron chi connectivity index (χ2n) is 6.20. The molecular formula is C17H31NO. The van der Waals surface area contributed by atoms with Gasteiger partial charge in [-0.2, -0.15) is 0 Å². The Morgan fingerprint density at radius 2 is 2.00 bits per heavy atom. The third-order valence-corrected chi connectivity index (χ3v) is 4.30. The molecule has 3 atom stereocenters. The molecule has 0 saturated heterocycles. The summed E-state index contributed by atoms with van der Waals surface area (Å²) in [5.41, 5.74) is 0. The lowest BCUT2D eigenvalue weighted by Crippen LogP contribution is -2.30. The summed E-state index contributed by atoms with van der Waals surface area (Å²) in [5.74, 6) is 1.84. The molecule has 0 aliphatic carbocycles. The van der Waals surface area contributed by atoms with Gasteiger partial charge in [0.2, 0.25) is 5.91 Å². The quantitative estimate of drug-likeness (QED) is 0.703. The SMILES string of the molecule is CCC1/C=C\C[C@@H](C)CCC[C@@H](C)C(=O)NCCC1. The molecular weight excluding hydrogens is 234 g/mol. The maximum Gasteiger partial charge on any atom is 0.222 e. The van der Waals surface area contributed by atoms with Crippen LogP contribution >= 0.6 is 0 Å². The predicted molar refractivity (Wildman–Crippen MR) is 82.0 cm³/mol. The maximum absolute atomic E-state index is 11.9. The zero-order valence-corrected chi connectivity index (χ0v) is 13.0. The van der Waals surface area contributed by atoms with Gasteiger partial charge < -0.3 is 5.32 Å². The Hall–Kier alpha value is -0.790. The van der Waals surface area contributed by atoms with Crippen LogP contribution in [0.15, 0.2) is 12.2 Å². The Kier molecular flexibility index (Phi) is 7.85. The monoisotopic (exact) mass is 265 g/mol. The van der Waals surface area contributed by atoms with Crippen LogP contribution in [0.4, 0.5) is 0 Å². The number of amides is 1. The number of allylic oxidation sites excluding steroid dienone is 2. The Labute approximate surface area is 119 Å². The lowest BCUT2D eigenvalue weighted by molar-refractivity contribution is -0.124. The highest BCUT2D eigenvalue weighted by atomic mass is 16.1. The van der Waals surface area contributed by atoms with Crippen LogP contribution in [0.3, 0.4) is 0 Å². The Morgan fingerprint density at radius 3 is 2.74 bits per heavy atom. The largest absolute Gasteiger partial charge is 0.356 e. The highest BCUT2D eigenvalue weighted by Crippen LogP contribution is 2.19. The summed E-state index contributed by atoms with van der Waals surface area (Å²) in [6, 6.07) is 0. The number of hydrogen-bond donors (Lipinski definition) is 1. The minimum Gasteiger partial charge on any atom is -0.356 e. The molecule has 0 aromatic carbocycles.